The fourth-order valence-corrected chi connectivity index (χ4v) is 2.80. The molecule has 0 saturated carbocycles. The monoisotopic (exact) mass is 324 g/mol. The third kappa shape index (κ3) is 3.59. The number of hydrogen-bond acceptors (Lipinski definition) is 6. The summed E-state index contributed by atoms with van der Waals surface area (Å²) >= 11 is 1.48. The Bertz CT molecular complexity index is 821. The zero-order valence-electron chi connectivity index (χ0n) is 12.0. The van der Waals surface area contributed by atoms with E-state index in [0.717, 1.165) is 10.6 Å². The number of nitriles is 1. The zero-order valence-corrected chi connectivity index (χ0v) is 12.8. The number of benzene rings is 1. The van der Waals surface area contributed by atoms with E-state index < -0.39 is 0 Å². The molecule has 1 atom stereocenters. The molecule has 1 unspecified atom stereocenters. The molecule has 7 nitrogen and oxygen atoms in total. The quantitative estimate of drug-likeness (QED) is 0.767. The number of thiazole rings is 1. The highest BCUT2D eigenvalue weighted by atomic mass is 32.1. The molecule has 3 rings (SSSR count). The Morgan fingerprint density at radius 2 is 2.17 bits per heavy atom. The van der Waals surface area contributed by atoms with Crippen LogP contribution in [0.3, 0.4) is 0 Å². The van der Waals surface area contributed by atoms with Crippen molar-refractivity contribution in [3.05, 3.63) is 64.6 Å². The number of hydrogen-bond donors (Lipinski definition) is 1. The van der Waals surface area contributed by atoms with Gasteiger partial charge < -0.3 is 5.32 Å². The number of amides is 1. The second kappa shape index (κ2) is 6.81. The molecule has 0 aliphatic heterocycles. The molecule has 2 aromatic heterocycles. The topological polar surface area (TPSA) is 96.5 Å². The van der Waals surface area contributed by atoms with Crippen LogP contribution >= 0.6 is 11.3 Å². The van der Waals surface area contributed by atoms with Gasteiger partial charge in [-0.1, -0.05) is 30.3 Å². The molecule has 1 amide bonds. The third-order valence-corrected chi connectivity index (χ3v) is 3.92. The van der Waals surface area contributed by atoms with Crippen LogP contribution in [0.4, 0.5) is 0 Å². The van der Waals surface area contributed by atoms with E-state index >= 15 is 0 Å². The van der Waals surface area contributed by atoms with E-state index in [9.17, 15) is 4.79 Å². The molecular weight excluding hydrogens is 312 g/mol. The largest absolute Gasteiger partial charge is 0.341 e. The summed E-state index contributed by atoms with van der Waals surface area (Å²) < 4.78 is 1.33. The molecule has 0 aliphatic rings. The Balaban J connectivity index is 1.76. The summed E-state index contributed by atoms with van der Waals surface area (Å²) in [6, 6.07) is 11.1. The average molecular weight is 324 g/mol. The lowest BCUT2D eigenvalue weighted by molar-refractivity contribution is -0.122. The number of aromatic nitrogens is 4. The highest BCUT2D eigenvalue weighted by molar-refractivity contribution is 7.09. The van der Waals surface area contributed by atoms with Crippen molar-refractivity contribution < 1.29 is 4.79 Å². The van der Waals surface area contributed by atoms with E-state index in [1.807, 2.05) is 41.8 Å². The lowest BCUT2D eigenvalue weighted by atomic mass is 10.1. The molecule has 23 heavy (non-hydrogen) atoms. The molecule has 3 aromatic rings. The zero-order chi connectivity index (χ0) is 16.1. The number of nitrogens with zero attached hydrogens (tertiary/aromatic N) is 5. The van der Waals surface area contributed by atoms with Crippen molar-refractivity contribution >= 4 is 17.2 Å². The molecule has 1 N–H and O–H groups in total. The van der Waals surface area contributed by atoms with Gasteiger partial charge in [0.15, 0.2) is 0 Å². The summed E-state index contributed by atoms with van der Waals surface area (Å²) in [6.07, 6.45) is 3.07. The maximum atomic E-state index is 12.3. The maximum absolute atomic E-state index is 12.3. The van der Waals surface area contributed by atoms with Crippen LogP contribution in [0.1, 0.15) is 22.4 Å². The van der Waals surface area contributed by atoms with Gasteiger partial charge in [-0.15, -0.1) is 16.4 Å². The Labute approximate surface area is 136 Å². The van der Waals surface area contributed by atoms with Crippen molar-refractivity contribution in [1.82, 2.24) is 25.1 Å². The van der Waals surface area contributed by atoms with Gasteiger partial charge >= 0.3 is 0 Å². The summed E-state index contributed by atoms with van der Waals surface area (Å²) in [5.41, 5.74) is 0.951. The van der Waals surface area contributed by atoms with Crippen LogP contribution in [0.2, 0.25) is 0 Å². The number of nitrogens with one attached hydrogen (secondary N) is 1. The molecular formula is C15H12N6OS. The summed E-state index contributed by atoms with van der Waals surface area (Å²) in [7, 11) is 0. The highest BCUT2D eigenvalue weighted by Gasteiger charge is 2.19. The fourth-order valence-electron chi connectivity index (χ4n) is 2.09. The molecule has 0 aliphatic carbocycles. The first kappa shape index (κ1) is 14.9. The molecule has 0 saturated heterocycles. The van der Waals surface area contributed by atoms with Crippen LogP contribution in [-0.2, 0) is 11.3 Å². The van der Waals surface area contributed by atoms with E-state index in [0.29, 0.717) is 0 Å². The Kier molecular flexibility index (Phi) is 4.40. The van der Waals surface area contributed by atoms with Gasteiger partial charge in [-0.05, 0) is 5.56 Å². The van der Waals surface area contributed by atoms with Crippen LogP contribution in [0.25, 0.3) is 0 Å². The highest BCUT2D eigenvalue weighted by Crippen LogP contribution is 2.23. The fraction of sp³-hybridized carbons (Fsp3) is 0.133. The predicted octanol–water partition coefficient (Wildman–Crippen LogP) is 1.51. The Morgan fingerprint density at radius 3 is 2.83 bits per heavy atom. The van der Waals surface area contributed by atoms with Crippen molar-refractivity contribution in [3.8, 4) is 6.07 Å². The molecule has 8 heteroatoms. The summed E-state index contributed by atoms with van der Waals surface area (Å²) in [5.74, 6) is -0.194. The van der Waals surface area contributed by atoms with Crippen LogP contribution in [0, 0.1) is 11.3 Å². The smallest absolute Gasteiger partial charge is 0.252 e. The lowest BCUT2D eigenvalue weighted by Crippen LogP contribution is -2.32. The van der Waals surface area contributed by atoms with Gasteiger partial charge in [-0.2, -0.15) is 5.26 Å². The normalized spacial score (nSPS) is 11.6. The van der Waals surface area contributed by atoms with Gasteiger partial charge in [0.05, 0.1) is 0 Å². The van der Waals surface area contributed by atoms with Crippen LogP contribution in [0.15, 0.2) is 48.2 Å². The van der Waals surface area contributed by atoms with Crippen LogP contribution in [0.5, 0.6) is 0 Å². The van der Waals surface area contributed by atoms with Crippen molar-refractivity contribution in [3.63, 3.8) is 0 Å². The number of carbonyl (C=O) groups is 1. The van der Waals surface area contributed by atoms with Crippen molar-refractivity contribution in [2.75, 3.05) is 0 Å². The van der Waals surface area contributed by atoms with Gasteiger partial charge in [-0.25, -0.2) is 14.6 Å². The van der Waals surface area contributed by atoms with E-state index in [-0.39, 0.29) is 24.3 Å². The maximum Gasteiger partial charge on any atom is 0.252 e. The van der Waals surface area contributed by atoms with Crippen LogP contribution < -0.4 is 5.32 Å². The summed E-state index contributed by atoms with van der Waals surface area (Å²) in [5, 5.41) is 18.2. The molecule has 0 radical (unpaired) electrons. The van der Waals surface area contributed by atoms with E-state index in [4.69, 9.17) is 5.26 Å². The minimum absolute atomic E-state index is 0.0105. The molecule has 2 heterocycles. The van der Waals surface area contributed by atoms with Gasteiger partial charge in [-0.3, -0.25) is 4.79 Å². The summed E-state index contributed by atoms with van der Waals surface area (Å²) in [4.78, 5) is 20.4. The first-order chi connectivity index (χ1) is 11.3. The van der Waals surface area contributed by atoms with Crippen LogP contribution in [-0.4, -0.2) is 25.7 Å². The Morgan fingerprint density at radius 1 is 1.35 bits per heavy atom. The summed E-state index contributed by atoms with van der Waals surface area (Å²) in [6.45, 7) is -0.0105. The van der Waals surface area contributed by atoms with E-state index in [1.165, 1.54) is 22.3 Å². The molecule has 1 aromatic carbocycles. The Hall–Kier alpha value is -3.05. The van der Waals surface area contributed by atoms with Gasteiger partial charge in [0.25, 0.3) is 5.82 Å². The van der Waals surface area contributed by atoms with Gasteiger partial charge in [0, 0.05) is 11.6 Å². The lowest BCUT2D eigenvalue weighted by Gasteiger charge is -2.17. The third-order valence-electron chi connectivity index (χ3n) is 3.08. The van der Waals surface area contributed by atoms with Crippen molar-refractivity contribution in [1.29, 1.82) is 5.26 Å². The first-order valence-corrected chi connectivity index (χ1v) is 7.67. The second-order valence-electron chi connectivity index (χ2n) is 4.66. The first-order valence-electron chi connectivity index (χ1n) is 6.79. The minimum Gasteiger partial charge on any atom is -0.341 e. The van der Waals surface area contributed by atoms with Crippen molar-refractivity contribution in [2.24, 2.45) is 0 Å². The number of carbonyl (C=O) groups excluding carboxylic acids is 1. The molecule has 0 spiro atoms. The number of rotatable bonds is 5. The van der Waals surface area contributed by atoms with E-state index in [2.05, 4.69) is 20.4 Å². The van der Waals surface area contributed by atoms with E-state index in [1.54, 1.807) is 6.20 Å². The standard InChI is InChI=1S/C15H12N6OS/c16-8-12-18-10-21(20-12)9-13(22)19-14(15-17-6-7-23-15)11-4-2-1-3-5-11/h1-7,10,14H,9H2,(H,19,22). The molecule has 0 fully saturated rings. The average Bonchev–Trinajstić information content (AvgIpc) is 3.25. The predicted molar refractivity (Wildman–Crippen MR) is 83.3 cm³/mol. The van der Waals surface area contributed by atoms with Gasteiger partial charge in [0.1, 0.15) is 30.0 Å². The molecule has 0 bridgehead atoms. The van der Waals surface area contributed by atoms with Crippen molar-refractivity contribution in [2.45, 2.75) is 12.6 Å². The second-order valence-corrected chi connectivity index (χ2v) is 5.59. The van der Waals surface area contributed by atoms with Gasteiger partial charge in [0.2, 0.25) is 5.91 Å². The minimum atomic E-state index is -0.317. The molecule has 114 valence electrons. The SMILES string of the molecule is N#Cc1ncn(CC(=O)NC(c2ccccc2)c2nccs2)n1.